The van der Waals surface area contributed by atoms with Gasteiger partial charge in [-0.25, -0.2) is 0 Å². The fourth-order valence-corrected chi connectivity index (χ4v) is 3.17. The molecule has 0 heterocycles. The summed E-state index contributed by atoms with van der Waals surface area (Å²) in [7, 11) is 0. The third-order valence-electron chi connectivity index (χ3n) is 3.10. The number of aryl methyl sites for hydroxylation is 1. The summed E-state index contributed by atoms with van der Waals surface area (Å²) in [6.07, 6.45) is 1.37. The maximum atomic E-state index is 12.0. The molecule has 110 valence electrons. The summed E-state index contributed by atoms with van der Waals surface area (Å²) in [5.41, 5.74) is 2.07. The minimum absolute atomic E-state index is 0.0375. The average Bonchev–Trinajstić information content (AvgIpc) is 2.50. The van der Waals surface area contributed by atoms with Crippen LogP contribution in [-0.4, -0.2) is 11.7 Å². The fraction of sp³-hybridized carbons (Fsp3) is 0.235. The van der Waals surface area contributed by atoms with Gasteiger partial charge >= 0.3 is 0 Å². The molecule has 0 saturated carbocycles. The van der Waals surface area contributed by atoms with Crippen LogP contribution in [0.25, 0.3) is 0 Å². The van der Waals surface area contributed by atoms with Gasteiger partial charge < -0.3 is 5.32 Å². The van der Waals surface area contributed by atoms with Gasteiger partial charge in [0.05, 0.1) is 5.02 Å². The first-order valence-electron chi connectivity index (χ1n) is 6.95. The predicted octanol–water partition coefficient (Wildman–Crippen LogP) is 5.02. The van der Waals surface area contributed by atoms with Crippen molar-refractivity contribution in [1.29, 1.82) is 0 Å². The Balaban J connectivity index is 1.84. The van der Waals surface area contributed by atoms with E-state index in [-0.39, 0.29) is 5.91 Å². The molecule has 2 nitrogen and oxygen atoms in total. The highest BCUT2D eigenvalue weighted by molar-refractivity contribution is 7.99. The topological polar surface area (TPSA) is 29.1 Å². The van der Waals surface area contributed by atoms with Crippen LogP contribution in [0.3, 0.4) is 0 Å². The van der Waals surface area contributed by atoms with Crippen LogP contribution >= 0.6 is 23.4 Å². The molecule has 1 amide bonds. The van der Waals surface area contributed by atoms with E-state index in [4.69, 9.17) is 11.6 Å². The second-order valence-corrected chi connectivity index (χ2v) is 6.13. The largest absolute Gasteiger partial charge is 0.326 e. The number of thioether (sulfide) groups is 1. The zero-order valence-electron chi connectivity index (χ0n) is 11.9. The highest BCUT2D eigenvalue weighted by atomic mass is 35.5. The van der Waals surface area contributed by atoms with Gasteiger partial charge in [-0.1, -0.05) is 48.9 Å². The van der Waals surface area contributed by atoms with Gasteiger partial charge in [0.15, 0.2) is 0 Å². The lowest BCUT2D eigenvalue weighted by molar-refractivity contribution is -0.115. The molecule has 1 N–H and O–H groups in total. The van der Waals surface area contributed by atoms with Crippen molar-refractivity contribution in [2.75, 3.05) is 11.1 Å². The fourth-order valence-electron chi connectivity index (χ4n) is 1.98. The van der Waals surface area contributed by atoms with E-state index >= 15 is 0 Å². The van der Waals surface area contributed by atoms with Crippen LogP contribution in [0.2, 0.25) is 5.02 Å². The van der Waals surface area contributed by atoms with Crippen molar-refractivity contribution >= 4 is 35.0 Å². The third kappa shape index (κ3) is 4.80. The minimum atomic E-state index is 0.0375. The molecule has 0 spiro atoms. The molecule has 0 bridgehead atoms. The second-order valence-electron chi connectivity index (χ2n) is 4.59. The van der Waals surface area contributed by atoms with Crippen LogP contribution in [0.5, 0.6) is 0 Å². The van der Waals surface area contributed by atoms with E-state index in [0.717, 1.165) is 27.6 Å². The van der Waals surface area contributed by atoms with E-state index in [1.165, 1.54) is 0 Å². The number of rotatable bonds is 6. The molecule has 0 atom stereocenters. The summed E-state index contributed by atoms with van der Waals surface area (Å²) in [6.45, 7) is 2.08. The van der Waals surface area contributed by atoms with E-state index in [0.29, 0.717) is 12.2 Å². The molecular weight excluding hydrogens is 302 g/mol. The van der Waals surface area contributed by atoms with Crippen molar-refractivity contribution in [3.05, 3.63) is 59.1 Å². The molecule has 2 aromatic carbocycles. The normalized spacial score (nSPS) is 10.4. The lowest BCUT2D eigenvalue weighted by Crippen LogP contribution is -2.13. The zero-order chi connectivity index (χ0) is 15.1. The van der Waals surface area contributed by atoms with Crippen molar-refractivity contribution in [1.82, 2.24) is 0 Å². The van der Waals surface area contributed by atoms with E-state index in [9.17, 15) is 4.79 Å². The second kappa shape index (κ2) is 8.11. The number of hydrogen-bond acceptors (Lipinski definition) is 2. The molecule has 4 heteroatoms. The third-order valence-corrected chi connectivity index (χ3v) is 4.61. The zero-order valence-corrected chi connectivity index (χ0v) is 13.5. The molecule has 0 radical (unpaired) electrons. The Bertz CT molecular complexity index is 615. The molecule has 0 aliphatic heterocycles. The van der Waals surface area contributed by atoms with Crippen molar-refractivity contribution in [2.24, 2.45) is 0 Å². The molecule has 2 aromatic rings. The van der Waals surface area contributed by atoms with Crippen molar-refractivity contribution in [3.63, 3.8) is 0 Å². The van der Waals surface area contributed by atoms with Gasteiger partial charge in [-0.2, -0.15) is 0 Å². The Kier molecular flexibility index (Phi) is 6.15. The van der Waals surface area contributed by atoms with Crippen LogP contribution in [0, 0.1) is 0 Å². The number of nitrogens with one attached hydrogen (secondary N) is 1. The molecule has 0 aliphatic carbocycles. The molecule has 0 unspecified atom stereocenters. The van der Waals surface area contributed by atoms with Crippen LogP contribution in [-0.2, 0) is 11.2 Å². The first-order chi connectivity index (χ1) is 10.2. The Morgan fingerprint density at radius 2 is 1.86 bits per heavy atom. The summed E-state index contributed by atoms with van der Waals surface area (Å²) < 4.78 is 0. The SMILES string of the molecule is CCc1ccccc1NC(=O)CCSc1ccccc1Cl. The van der Waals surface area contributed by atoms with Gasteiger partial charge in [0.2, 0.25) is 5.91 Å². The van der Waals surface area contributed by atoms with Gasteiger partial charge in [0.1, 0.15) is 0 Å². The Morgan fingerprint density at radius 1 is 1.14 bits per heavy atom. The number of benzene rings is 2. The molecule has 0 aromatic heterocycles. The van der Waals surface area contributed by atoms with Crippen molar-refractivity contribution in [3.8, 4) is 0 Å². The van der Waals surface area contributed by atoms with Crippen LogP contribution < -0.4 is 5.32 Å². The lowest BCUT2D eigenvalue weighted by Gasteiger charge is -2.09. The number of halogens is 1. The van der Waals surface area contributed by atoms with Gasteiger partial charge in [0.25, 0.3) is 0 Å². The lowest BCUT2D eigenvalue weighted by atomic mass is 10.1. The standard InChI is InChI=1S/C17H18ClNOS/c1-2-13-7-3-5-9-15(13)19-17(20)11-12-21-16-10-6-4-8-14(16)18/h3-10H,2,11-12H2,1H3,(H,19,20). The van der Waals surface area contributed by atoms with Gasteiger partial charge in [0, 0.05) is 22.8 Å². The Hall–Kier alpha value is -1.45. The Morgan fingerprint density at radius 3 is 2.62 bits per heavy atom. The maximum Gasteiger partial charge on any atom is 0.225 e. The first-order valence-corrected chi connectivity index (χ1v) is 8.32. The Labute approximate surface area is 134 Å². The van der Waals surface area contributed by atoms with Crippen molar-refractivity contribution < 1.29 is 4.79 Å². The van der Waals surface area contributed by atoms with Gasteiger partial charge in [-0.15, -0.1) is 11.8 Å². The average molecular weight is 320 g/mol. The summed E-state index contributed by atoms with van der Waals surface area (Å²) in [4.78, 5) is 13.0. The molecule has 0 aliphatic rings. The number of anilines is 1. The minimum Gasteiger partial charge on any atom is -0.326 e. The molecule has 2 rings (SSSR count). The first kappa shape index (κ1) is 15.9. The molecule has 0 saturated heterocycles. The number of para-hydroxylation sites is 1. The predicted molar refractivity (Wildman–Crippen MR) is 91.2 cm³/mol. The number of carbonyl (C=O) groups excluding carboxylic acids is 1. The number of amides is 1. The summed E-state index contributed by atoms with van der Waals surface area (Å²) >= 11 is 7.69. The van der Waals surface area contributed by atoms with E-state index in [1.807, 2.05) is 48.5 Å². The highest BCUT2D eigenvalue weighted by Gasteiger charge is 2.06. The van der Waals surface area contributed by atoms with Gasteiger partial charge in [-0.05, 0) is 30.2 Å². The van der Waals surface area contributed by atoms with Crippen molar-refractivity contribution in [2.45, 2.75) is 24.7 Å². The quantitative estimate of drug-likeness (QED) is 0.757. The summed E-state index contributed by atoms with van der Waals surface area (Å²) in [5, 5.41) is 3.71. The van der Waals surface area contributed by atoms with Crippen LogP contribution in [0.15, 0.2) is 53.4 Å². The van der Waals surface area contributed by atoms with E-state index < -0.39 is 0 Å². The number of carbonyl (C=O) groups is 1. The van der Waals surface area contributed by atoms with E-state index in [1.54, 1.807) is 11.8 Å². The smallest absolute Gasteiger partial charge is 0.225 e. The van der Waals surface area contributed by atoms with E-state index in [2.05, 4.69) is 12.2 Å². The maximum absolute atomic E-state index is 12.0. The summed E-state index contributed by atoms with van der Waals surface area (Å²) in [6, 6.07) is 15.6. The molecule has 0 fully saturated rings. The molecule has 21 heavy (non-hydrogen) atoms. The highest BCUT2D eigenvalue weighted by Crippen LogP contribution is 2.27. The summed E-state index contributed by atoms with van der Waals surface area (Å²) in [5.74, 6) is 0.750. The number of hydrogen-bond donors (Lipinski definition) is 1. The van der Waals surface area contributed by atoms with Crippen LogP contribution in [0.4, 0.5) is 5.69 Å². The molecular formula is C17H18ClNOS. The van der Waals surface area contributed by atoms with Crippen LogP contribution in [0.1, 0.15) is 18.9 Å². The monoisotopic (exact) mass is 319 g/mol. The van der Waals surface area contributed by atoms with Gasteiger partial charge in [-0.3, -0.25) is 4.79 Å².